The molecule has 2 rings (SSSR count). The third kappa shape index (κ3) is 4.55. The topological polar surface area (TPSA) is 60.8 Å². The van der Waals surface area contributed by atoms with Crippen molar-refractivity contribution in [1.29, 1.82) is 0 Å². The lowest BCUT2D eigenvalue weighted by molar-refractivity contribution is 0.0502. The Hall–Kier alpha value is -1.39. The highest BCUT2D eigenvalue weighted by molar-refractivity contribution is 5.94. The van der Waals surface area contributed by atoms with Crippen molar-refractivity contribution < 1.29 is 15.0 Å². The van der Waals surface area contributed by atoms with E-state index in [2.05, 4.69) is 0 Å². The number of likely N-dealkylation sites (tertiary alicyclic amines) is 1. The first-order valence-corrected chi connectivity index (χ1v) is 8.14. The van der Waals surface area contributed by atoms with Crippen LogP contribution in [0.1, 0.15) is 55.5 Å². The van der Waals surface area contributed by atoms with E-state index in [0.717, 1.165) is 37.8 Å². The molecule has 0 unspecified atom stereocenters. The quantitative estimate of drug-likeness (QED) is 0.878. The number of benzene rings is 1. The lowest BCUT2D eigenvalue weighted by Crippen LogP contribution is -2.45. The number of piperidine rings is 1. The van der Waals surface area contributed by atoms with Crippen molar-refractivity contribution in [3.8, 4) is 0 Å². The molecule has 0 aromatic heterocycles. The zero-order chi connectivity index (χ0) is 16.2. The fourth-order valence-electron chi connectivity index (χ4n) is 2.89. The summed E-state index contributed by atoms with van der Waals surface area (Å²) in [6.45, 7) is 4.37. The molecule has 1 aliphatic rings. The molecule has 1 fully saturated rings. The Bertz CT molecular complexity index is 490. The molecule has 1 atom stereocenters. The van der Waals surface area contributed by atoms with Gasteiger partial charge in [0.1, 0.15) is 0 Å². The summed E-state index contributed by atoms with van der Waals surface area (Å²) in [6.07, 6.45) is 4.45. The minimum absolute atomic E-state index is 0.00721. The van der Waals surface area contributed by atoms with Gasteiger partial charge in [0.25, 0.3) is 5.91 Å². The second-order valence-electron chi connectivity index (χ2n) is 6.84. The number of aryl methyl sites for hydroxylation is 1. The van der Waals surface area contributed by atoms with Gasteiger partial charge in [0, 0.05) is 12.1 Å². The second-order valence-corrected chi connectivity index (χ2v) is 6.84. The van der Waals surface area contributed by atoms with Gasteiger partial charge in [-0.3, -0.25) is 4.79 Å². The highest BCUT2D eigenvalue weighted by Crippen LogP contribution is 2.20. The van der Waals surface area contributed by atoms with Gasteiger partial charge in [-0.15, -0.1) is 0 Å². The van der Waals surface area contributed by atoms with E-state index >= 15 is 0 Å². The average Bonchev–Trinajstić information content (AvgIpc) is 2.52. The average molecular weight is 305 g/mol. The van der Waals surface area contributed by atoms with Crippen LogP contribution in [-0.4, -0.2) is 45.8 Å². The molecule has 1 amide bonds. The van der Waals surface area contributed by atoms with E-state index < -0.39 is 5.60 Å². The number of nitrogens with zero attached hydrogens (tertiary/aromatic N) is 1. The Morgan fingerprint density at radius 3 is 2.55 bits per heavy atom. The Labute approximate surface area is 132 Å². The fraction of sp³-hybridized carbons (Fsp3) is 0.611. The summed E-state index contributed by atoms with van der Waals surface area (Å²) < 4.78 is 0. The van der Waals surface area contributed by atoms with Crippen LogP contribution >= 0.6 is 0 Å². The maximum absolute atomic E-state index is 12.6. The molecule has 2 N–H and O–H groups in total. The van der Waals surface area contributed by atoms with Crippen molar-refractivity contribution >= 4 is 5.91 Å². The molecule has 1 saturated heterocycles. The Balaban J connectivity index is 2.01. The number of rotatable bonds is 5. The minimum atomic E-state index is -0.670. The maximum Gasteiger partial charge on any atom is 0.254 e. The van der Waals surface area contributed by atoms with Crippen molar-refractivity contribution in [2.45, 2.75) is 57.6 Å². The normalized spacial score (nSPS) is 19.3. The van der Waals surface area contributed by atoms with Gasteiger partial charge >= 0.3 is 0 Å². The van der Waals surface area contributed by atoms with E-state index in [9.17, 15) is 15.0 Å². The molecule has 0 saturated carbocycles. The third-order valence-electron chi connectivity index (χ3n) is 4.33. The molecule has 0 radical (unpaired) electrons. The summed E-state index contributed by atoms with van der Waals surface area (Å²) >= 11 is 0. The van der Waals surface area contributed by atoms with Crippen LogP contribution < -0.4 is 0 Å². The zero-order valence-corrected chi connectivity index (χ0v) is 13.6. The fourth-order valence-corrected chi connectivity index (χ4v) is 2.89. The molecule has 22 heavy (non-hydrogen) atoms. The molecule has 1 heterocycles. The molecule has 4 nitrogen and oxygen atoms in total. The highest BCUT2D eigenvalue weighted by atomic mass is 16.3. The summed E-state index contributed by atoms with van der Waals surface area (Å²) in [7, 11) is 0. The summed E-state index contributed by atoms with van der Waals surface area (Å²) in [4.78, 5) is 14.4. The summed E-state index contributed by atoms with van der Waals surface area (Å²) in [5.41, 5.74) is 1.12. The van der Waals surface area contributed by atoms with Gasteiger partial charge in [0.2, 0.25) is 0 Å². The second kappa shape index (κ2) is 7.25. The van der Waals surface area contributed by atoms with Gasteiger partial charge in [0.15, 0.2) is 0 Å². The number of hydrogen-bond acceptors (Lipinski definition) is 3. The van der Waals surface area contributed by atoms with E-state index in [1.165, 1.54) is 0 Å². The SMILES string of the molecule is CC(C)(O)CCc1ccc(C(=O)N2CCCC[C@H]2CO)cc1. The molecule has 1 aromatic rings. The first kappa shape index (κ1) is 17.0. The van der Waals surface area contributed by atoms with Crippen LogP contribution in [0.2, 0.25) is 0 Å². The molecular weight excluding hydrogens is 278 g/mol. The Morgan fingerprint density at radius 2 is 1.95 bits per heavy atom. The van der Waals surface area contributed by atoms with E-state index in [4.69, 9.17) is 0 Å². The van der Waals surface area contributed by atoms with E-state index in [-0.39, 0.29) is 18.6 Å². The zero-order valence-electron chi connectivity index (χ0n) is 13.6. The van der Waals surface area contributed by atoms with E-state index in [0.29, 0.717) is 12.0 Å². The smallest absolute Gasteiger partial charge is 0.254 e. The van der Waals surface area contributed by atoms with Crippen LogP contribution in [0.15, 0.2) is 24.3 Å². The minimum Gasteiger partial charge on any atom is -0.394 e. The molecular formula is C18H27NO3. The number of carbonyl (C=O) groups is 1. The first-order valence-electron chi connectivity index (χ1n) is 8.14. The number of amides is 1. The summed E-state index contributed by atoms with van der Waals surface area (Å²) in [6, 6.07) is 7.57. The lowest BCUT2D eigenvalue weighted by atomic mass is 9.97. The number of hydrogen-bond donors (Lipinski definition) is 2. The standard InChI is InChI=1S/C18H27NO3/c1-18(2,22)11-10-14-6-8-15(9-7-14)17(21)19-12-4-3-5-16(19)13-20/h6-9,16,20,22H,3-5,10-13H2,1-2H3/t16-/m0/s1. The van der Waals surface area contributed by atoms with Gasteiger partial charge in [-0.1, -0.05) is 12.1 Å². The lowest BCUT2D eigenvalue weighted by Gasteiger charge is -2.34. The number of carbonyl (C=O) groups excluding carboxylic acids is 1. The summed E-state index contributed by atoms with van der Waals surface area (Å²) in [5.74, 6) is 0.00721. The molecule has 0 spiro atoms. The maximum atomic E-state index is 12.6. The molecule has 0 aliphatic carbocycles. The molecule has 1 aromatic carbocycles. The van der Waals surface area contributed by atoms with Crippen LogP contribution in [0, 0.1) is 0 Å². The Kier molecular flexibility index (Phi) is 5.59. The van der Waals surface area contributed by atoms with Gasteiger partial charge in [0.05, 0.1) is 18.2 Å². The van der Waals surface area contributed by atoms with Gasteiger partial charge in [-0.25, -0.2) is 0 Å². The molecule has 0 bridgehead atoms. The van der Waals surface area contributed by atoms with E-state index in [1.54, 1.807) is 18.7 Å². The predicted octanol–water partition coefficient (Wildman–Crippen LogP) is 2.38. The van der Waals surface area contributed by atoms with Crippen molar-refractivity contribution in [2.75, 3.05) is 13.2 Å². The number of aliphatic hydroxyl groups is 2. The number of aliphatic hydroxyl groups excluding tert-OH is 1. The largest absolute Gasteiger partial charge is 0.394 e. The van der Waals surface area contributed by atoms with Crippen molar-refractivity contribution in [3.63, 3.8) is 0 Å². The molecule has 4 heteroatoms. The predicted molar refractivity (Wildman–Crippen MR) is 86.8 cm³/mol. The van der Waals surface area contributed by atoms with Gasteiger partial charge in [-0.2, -0.15) is 0 Å². The first-order chi connectivity index (χ1) is 10.4. The van der Waals surface area contributed by atoms with Crippen molar-refractivity contribution in [3.05, 3.63) is 35.4 Å². The van der Waals surface area contributed by atoms with Crippen molar-refractivity contribution in [1.82, 2.24) is 4.90 Å². The van der Waals surface area contributed by atoms with E-state index in [1.807, 2.05) is 24.3 Å². The monoisotopic (exact) mass is 305 g/mol. The third-order valence-corrected chi connectivity index (χ3v) is 4.33. The van der Waals surface area contributed by atoms with Crippen molar-refractivity contribution in [2.24, 2.45) is 0 Å². The summed E-state index contributed by atoms with van der Waals surface area (Å²) in [5, 5.41) is 19.2. The van der Waals surface area contributed by atoms with Gasteiger partial charge in [-0.05, 0) is 63.6 Å². The van der Waals surface area contributed by atoms with Crippen LogP contribution in [0.25, 0.3) is 0 Å². The van der Waals surface area contributed by atoms with Crippen LogP contribution in [0.5, 0.6) is 0 Å². The highest BCUT2D eigenvalue weighted by Gasteiger charge is 2.26. The van der Waals surface area contributed by atoms with Gasteiger partial charge < -0.3 is 15.1 Å². The molecule has 1 aliphatic heterocycles. The van der Waals surface area contributed by atoms with Crippen LogP contribution in [0.3, 0.4) is 0 Å². The molecule has 122 valence electrons. The van der Waals surface area contributed by atoms with Crippen LogP contribution in [-0.2, 0) is 6.42 Å². The van der Waals surface area contributed by atoms with Crippen LogP contribution in [0.4, 0.5) is 0 Å². The Morgan fingerprint density at radius 1 is 1.27 bits per heavy atom.